The lowest BCUT2D eigenvalue weighted by molar-refractivity contribution is -0.154. The van der Waals surface area contributed by atoms with Crippen molar-refractivity contribution in [3.8, 4) is 5.88 Å². The first-order valence-corrected chi connectivity index (χ1v) is 8.00. The molecule has 3 rings (SSSR count). The van der Waals surface area contributed by atoms with Crippen LogP contribution >= 0.6 is 0 Å². The van der Waals surface area contributed by atoms with Gasteiger partial charge in [0.1, 0.15) is 12.0 Å². The second-order valence-electron chi connectivity index (χ2n) is 6.28. The van der Waals surface area contributed by atoms with E-state index in [2.05, 4.69) is 9.97 Å². The quantitative estimate of drug-likeness (QED) is 0.863. The molecule has 0 radical (unpaired) electrons. The SMILES string of the molecule is Cc1cc(C(C)N2Cc3c(ccnc3N)C2O)cnc1OCC(F)(F)F. The van der Waals surface area contributed by atoms with E-state index < -0.39 is 19.0 Å². The van der Waals surface area contributed by atoms with Crippen LogP contribution in [0.5, 0.6) is 5.88 Å². The van der Waals surface area contributed by atoms with Gasteiger partial charge in [0, 0.05) is 41.7 Å². The van der Waals surface area contributed by atoms with Crippen molar-refractivity contribution in [1.29, 1.82) is 0 Å². The third-order valence-electron chi connectivity index (χ3n) is 4.46. The summed E-state index contributed by atoms with van der Waals surface area (Å²) in [5.41, 5.74) is 8.61. The van der Waals surface area contributed by atoms with Crippen molar-refractivity contribution in [2.45, 2.75) is 38.8 Å². The number of nitrogens with two attached hydrogens (primary N) is 1. The molecular formula is C17H19F3N4O2. The van der Waals surface area contributed by atoms with Gasteiger partial charge in [-0.1, -0.05) is 0 Å². The molecule has 3 heterocycles. The minimum Gasteiger partial charge on any atom is -0.468 e. The molecule has 0 aliphatic carbocycles. The smallest absolute Gasteiger partial charge is 0.422 e. The molecule has 26 heavy (non-hydrogen) atoms. The Bertz CT molecular complexity index is 813. The predicted molar refractivity (Wildman–Crippen MR) is 88.1 cm³/mol. The molecule has 0 bridgehead atoms. The number of aryl methyl sites for hydroxylation is 1. The van der Waals surface area contributed by atoms with Crippen LogP contribution in [0.2, 0.25) is 0 Å². The van der Waals surface area contributed by atoms with Crippen molar-refractivity contribution >= 4 is 5.82 Å². The summed E-state index contributed by atoms with van der Waals surface area (Å²) in [6.45, 7) is 2.54. The van der Waals surface area contributed by atoms with E-state index in [-0.39, 0.29) is 11.9 Å². The maximum atomic E-state index is 12.3. The number of pyridine rings is 2. The third-order valence-corrected chi connectivity index (χ3v) is 4.46. The van der Waals surface area contributed by atoms with Crippen LogP contribution in [-0.4, -0.2) is 32.8 Å². The Morgan fingerprint density at radius 1 is 1.42 bits per heavy atom. The van der Waals surface area contributed by atoms with E-state index in [0.29, 0.717) is 23.5 Å². The fourth-order valence-electron chi connectivity index (χ4n) is 3.04. The van der Waals surface area contributed by atoms with Crippen molar-refractivity contribution in [3.05, 3.63) is 46.8 Å². The zero-order chi connectivity index (χ0) is 19.1. The van der Waals surface area contributed by atoms with Crippen molar-refractivity contribution in [3.63, 3.8) is 0 Å². The summed E-state index contributed by atoms with van der Waals surface area (Å²) in [6.07, 6.45) is -2.25. The fourth-order valence-corrected chi connectivity index (χ4v) is 3.04. The molecule has 0 saturated heterocycles. The number of ether oxygens (including phenoxy) is 1. The highest BCUT2D eigenvalue weighted by Gasteiger charge is 2.34. The maximum Gasteiger partial charge on any atom is 0.422 e. The lowest BCUT2D eigenvalue weighted by Crippen LogP contribution is -2.26. The van der Waals surface area contributed by atoms with E-state index >= 15 is 0 Å². The van der Waals surface area contributed by atoms with Gasteiger partial charge < -0.3 is 15.6 Å². The van der Waals surface area contributed by atoms with Gasteiger partial charge in [0.2, 0.25) is 5.88 Å². The van der Waals surface area contributed by atoms with Crippen LogP contribution in [0.4, 0.5) is 19.0 Å². The van der Waals surface area contributed by atoms with E-state index in [4.69, 9.17) is 10.5 Å². The molecule has 2 unspecified atom stereocenters. The lowest BCUT2D eigenvalue weighted by Gasteiger charge is -2.28. The van der Waals surface area contributed by atoms with Crippen LogP contribution < -0.4 is 10.5 Å². The molecule has 9 heteroatoms. The number of halogens is 3. The highest BCUT2D eigenvalue weighted by Crippen LogP contribution is 2.40. The number of hydrogen-bond acceptors (Lipinski definition) is 6. The number of aliphatic hydroxyl groups excluding tert-OH is 1. The number of aliphatic hydroxyl groups is 1. The standard InChI is InChI=1S/C17H19F3N4O2/c1-9-5-11(6-23-15(9)26-8-17(18,19)20)10(2)24-7-13-12(16(24)25)3-4-22-14(13)21/h3-6,10,16,25H,7-8H2,1-2H3,(H2,21,22). The zero-order valence-electron chi connectivity index (χ0n) is 14.3. The number of anilines is 1. The highest BCUT2D eigenvalue weighted by atomic mass is 19.4. The van der Waals surface area contributed by atoms with Crippen LogP contribution in [0.15, 0.2) is 24.5 Å². The van der Waals surface area contributed by atoms with Gasteiger partial charge in [-0.15, -0.1) is 0 Å². The molecule has 1 aliphatic rings. The molecule has 0 saturated carbocycles. The Kier molecular flexibility index (Phi) is 4.76. The van der Waals surface area contributed by atoms with Gasteiger partial charge >= 0.3 is 6.18 Å². The Balaban J connectivity index is 1.78. The monoisotopic (exact) mass is 368 g/mol. The molecule has 6 nitrogen and oxygen atoms in total. The Labute approximate surface area is 148 Å². The number of hydrogen-bond donors (Lipinski definition) is 2. The van der Waals surface area contributed by atoms with Crippen LogP contribution in [-0.2, 0) is 6.54 Å². The van der Waals surface area contributed by atoms with Gasteiger partial charge in [-0.2, -0.15) is 13.2 Å². The van der Waals surface area contributed by atoms with Crippen LogP contribution in [0.1, 0.15) is 41.4 Å². The van der Waals surface area contributed by atoms with Gasteiger partial charge in [0.25, 0.3) is 0 Å². The number of rotatable bonds is 4. The minimum absolute atomic E-state index is 0.0584. The predicted octanol–water partition coefficient (Wildman–Crippen LogP) is 2.88. The number of fused-ring (bicyclic) bond motifs is 1. The number of nitrogen functional groups attached to an aromatic ring is 1. The summed E-state index contributed by atoms with van der Waals surface area (Å²) in [4.78, 5) is 9.85. The van der Waals surface area contributed by atoms with Crippen molar-refractivity contribution < 1.29 is 23.0 Å². The third kappa shape index (κ3) is 3.58. The Morgan fingerprint density at radius 2 is 2.15 bits per heavy atom. The first-order valence-electron chi connectivity index (χ1n) is 8.00. The van der Waals surface area contributed by atoms with E-state index in [1.54, 1.807) is 25.3 Å². The molecule has 2 aromatic rings. The van der Waals surface area contributed by atoms with Gasteiger partial charge in [0.05, 0.1) is 0 Å². The number of alkyl halides is 3. The molecule has 3 N–H and O–H groups in total. The largest absolute Gasteiger partial charge is 0.468 e. The average molecular weight is 368 g/mol. The van der Waals surface area contributed by atoms with E-state index in [0.717, 1.165) is 11.1 Å². The second kappa shape index (κ2) is 6.73. The van der Waals surface area contributed by atoms with E-state index in [1.807, 2.05) is 11.8 Å². The molecule has 0 spiro atoms. The van der Waals surface area contributed by atoms with Gasteiger partial charge in [0.15, 0.2) is 6.61 Å². The lowest BCUT2D eigenvalue weighted by atomic mass is 10.1. The molecule has 0 amide bonds. The summed E-state index contributed by atoms with van der Waals surface area (Å²) in [5, 5.41) is 10.6. The van der Waals surface area contributed by atoms with E-state index in [1.165, 1.54) is 6.20 Å². The molecule has 1 aliphatic heterocycles. The van der Waals surface area contributed by atoms with Crippen LogP contribution in [0, 0.1) is 6.92 Å². The Morgan fingerprint density at radius 3 is 2.77 bits per heavy atom. The Hall–Kier alpha value is -2.39. The summed E-state index contributed by atoms with van der Waals surface area (Å²) < 4.78 is 41.6. The normalized spacial score (nSPS) is 18.6. The maximum absolute atomic E-state index is 12.3. The summed E-state index contributed by atoms with van der Waals surface area (Å²) in [5.74, 6) is 0.318. The van der Waals surface area contributed by atoms with Gasteiger partial charge in [-0.3, -0.25) is 4.90 Å². The first-order chi connectivity index (χ1) is 12.2. The number of nitrogens with zero attached hydrogens (tertiary/aromatic N) is 3. The zero-order valence-corrected chi connectivity index (χ0v) is 14.3. The molecule has 0 fully saturated rings. The van der Waals surface area contributed by atoms with Crippen molar-refractivity contribution in [2.75, 3.05) is 12.3 Å². The highest BCUT2D eigenvalue weighted by molar-refractivity contribution is 5.47. The topological polar surface area (TPSA) is 84.5 Å². The van der Waals surface area contributed by atoms with Crippen molar-refractivity contribution in [2.24, 2.45) is 0 Å². The summed E-state index contributed by atoms with van der Waals surface area (Å²) >= 11 is 0. The molecular weight excluding hydrogens is 349 g/mol. The fraction of sp³-hybridized carbons (Fsp3) is 0.412. The van der Waals surface area contributed by atoms with Gasteiger partial charge in [-0.25, -0.2) is 9.97 Å². The molecule has 2 atom stereocenters. The summed E-state index contributed by atoms with van der Waals surface area (Å²) in [7, 11) is 0. The second-order valence-corrected chi connectivity index (χ2v) is 6.28. The summed E-state index contributed by atoms with van der Waals surface area (Å²) in [6, 6.07) is 3.20. The minimum atomic E-state index is -4.42. The van der Waals surface area contributed by atoms with E-state index in [9.17, 15) is 18.3 Å². The molecule has 0 aromatic carbocycles. The first kappa shape index (κ1) is 18.4. The van der Waals surface area contributed by atoms with Crippen LogP contribution in [0.25, 0.3) is 0 Å². The molecule has 2 aromatic heterocycles. The average Bonchev–Trinajstić information content (AvgIpc) is 2.91. The van der Waals surface area contributed by atoms with Gasteiger partial charge in [-0.05, 0) is 31.5 Å². The number of aromatic nitrogens is 2. The molecule has 140 valence electrons. The van der Waals surface area contributed by atoms with Crippen molar-refractivity contribution in [1.82, 2.24) is 14.9 Å². The van der Waals surface area contributed by atoms with Crippen LogP contribution in [0.3, 0.4) is 0 Å².